The van der Waals surface area contributed by atoms with Crippen molar-refractivity contribution in [2.24, 2.45) is 0 Å². The van der Waals surface area contributed by atoms with Crippen LogP contribution in [0.15, 0.2) is 12.4 Å². The molecule has 1 heterocycles. The third-order valence-corrected chi connectivity index (χ3v) is 4.35. The first-order valence-electron chi connectivity index (χ1n) is 6.14. The summed E-state index contributed by atoms with van der Waals surface area (Å²) in [5, 5.41) is 12.8. The zero-order chi connectivity index (χ0) is 13.0. The number of aromatic nitrogens is 2. The van der Waals surface area contributed by atoms with Gasteiger partial charge in [-0.3, -0.25) is 4.98 Å². The van der Waals surface area contributed by atoms with Crippen LogP contribution in [-0.4, -0.2) is 38.1 Å². The van der Waals surface area contributed by atoms with Crippen molar-refractivity contribution in [3.05, 3.63) is 18.1 Å². The molecule has 1 saturated carbocycles. The summed E-state index contributed by atoms with van der Waals surface area (Å²) in [6.07, 6.45) is 6.37. The van der Waals surface area contributed by atoms with E-state index in [4.69, 9.17) is 5.11 Å². The number of nitrogens with zero attached hydrogens (tertiary/aromatic N) is 2. The van der Waals surface area contributed by atoms with E-state index in [1.165, 1.54) is 19.0 Å². The summed E-state index contributed by atoms with van der Waals surface area (Å²) < 4.78 is 0. The molecule has 0 aliphatic heterocycles. The summed E-state index contributed by atoms with van der Waals surface area (Å²) in [6, 6.07) is 0.369. The van der Waals surface area contributed by atoms with E-state index in [1.807, 2.05) is 11.8 Å². The number of aromatic carboxylic acids is 1. The van der Waals surface area contributed by atoms with Crippen molar-refractivity contribution in [3.8, 4) is 0 Å². The normalized spacial score (nSPS) is 22.9. The Balaban J connectivity index is 2.04. The van der Waals surface area contributed by atoms with E-state index in [0.29, 0.717) is 17.1 Å². The molecule has 1 fully saturated rings. The van der Waals surface area contributed by atoms with Gasteiger partial charge in [0, 0.05) is 11.3 Å². The summed E-state index contributed by atoms with van der Waals surface area (Å²) in [5.41, 5.74) is -0.0160. The van der Waals surface area contributed by atoms with Gasteiger partial charge in [0.1, 0.15) is 5.82 Å². The molecule has 1 aliphatic carbocycles. The smallest absolute Gasteiger partial charge is 0.356 e. The Morgan fingerprint density at radius 3 is 3.11 bits per heavy atom. The Labute approximate surface area is 110 Å². The fourth-order valence-electron chi connectivity index (χ4n) is 2.23. The Hall–Kier alpha value is -1.30. The zero-order valence-corrected chi connectivity index (χ0v) is 11.1. The minimum absolute atomic E-state index is 0.0160. The highest BCUT2D eigenvalue weighted by atomic mass is 32.2. The molecule has 1 aliphatic rings. The average molecular weight is 267 g/mol. The standard InChI is InChI=1S/C12H17N3O2S/c1-2-18-10-5-3-4-8(10)14-11-7-13-6-9(15-11)12(16)17/h6-8,10H,2-5H2,1H3,(H,14,15)(H,16,17). The molecular formula is C12H17N3O2S. The number of anilines is 1. The van der Waals surface area contributed by atoms with Crippen LogP contribution >= 0.6 is 11.8 Å². The van der Waals surface area contributed by atoms with Crippen molar-refractivity contribution in [2.75, 3.05) is 11.1 Å². The lowest BCUT2D eigenvalue weighted by Gasteiger charge is -2.20. The van der Waals surface area contributed by atoms with Gasteiger partial charge in [-0.15, -0.1) is 0 Å². The lowest BCUT2D eigenvalue weighted by molar-refractivity contribution is 0.0690. The largest absolute Gasteiger partial charge is 0.476 e. The average Bonchev–Trinajstić information content (AvgIpc) is 2.77. The van der Waals surface area contributed by atoms with Crippen LogP contribution in [0.25, 0.3) is 0 Å². The summed E-state index contributed by atoms with van der Waals surface area (Å²) in [4.78, 5) is 18.8. The SMILES string of the molecule is CCSC1CCCC1Nc1cncc(C(=O)O)n1. The van der Waals surface area contributed by atoms with Crippen molar-refractivity contribution >= 4 is 23.5 Å². The van der Waals surface area contributed by atoms with Crippen LogP contribution in [0.1, 0.15) is 36.7 Å². The van der Waals surface area contributed by atoms with Gasteiger partial charge >= 0.3 is 5.97 Å². The van der Waals surface area contributed by atoms with Crippen LogP contribution in [0.5, 0.6) is 0 Å². The van der Waals surface area contributed by atoms with Gasteiger partial charge in [0.2, 0.25) is 0 Å². The maximum absolute atomic E-state index is 10.8. The minimum Gasteiger partial charge on any atom is -0.476 e. The Bertz CT molecular complexity index is 428. The summed E-state index contributed by atoms with van der Waals surface area (Å²) in [5.74, 6) is 0.615. The monoisotopic (exact) mass is 267 g/mol. The third kappa shape index (κ3) is 3.13. The van der Waals surface area contributed by atoms with Crippen LogP contribution in [-0.2, 0) is 0 Å². The number of carboxylic acid groups (broad SMARTS) is 1. The number of hydrogen-bond donors (Lipinski definition) is 2. The Morgan fingerprint density at radius 2 is 2.39 bits per heavy atom. The van der Waals surface area contributed by atoms with Crippen LogP contribution < -0.4 is 5.32 Å². The van der Waals surface area contributed by atoms with Gasteiger partial charge < -0.3 is 10.4 Å². The summed E-state index contributed by atoms with van der Waals surface area (Å²) in [6.45, 7) is 2.16. The quantitative estimate of drug-likeness (QED) is 0.852. The lowest BCUT2D eigenvalue weighted by Crippen LogP contribution is -2.27. The molecule has 1 aromatic heterocycles. The number of nitrogens with one attached hydrogen (secondary N) is 1. The molecule has 2 N–H and O–H groups in total. The molecule has 1 aromatic rings. The van der Waals surface area contributed by atoms with E-state index in [0.717, 1.165) is 12.2 Å². The molecule has 6 heteroatoms. The zero-order valence-electron chi connectivity index (χ0n) is 10.3. The summed E-state index contributed by atoms with van der Waals surface area (Å²) in [7, 11) is 0. The molecule has 0 radical (unpaired) electrons. The number of carboxylic acids is 1. The van der Waals surface area contributed by atoms with E-state index in [2.05, 4.69) is 22.2 Å². The summed E-state index contributed by atoms with van der Waals surface area (Å²) >= 11 is 1.95. The van der Waals surface area contributed by atoms with E-state index >= 15 is 0 Å². The molecule has 0 aromatic carbocycles. The van der Waals surface area contributed by atoms with Crippen LogP contribution in [0.2, 0.25) is 0 Å². The molecule has 18 heavy (non-hydrogen) atoms. The first kappa shape index (κ1) is 13.1. The molecular weight excluding hydrogens is 250 g/mol. The minimum atomic E-state index is -1.04. The molecule has 0 amide bonds. The van der Waals surface area contributed by atoms with Gasteiger partial charge in [0.25, 0.3) is 0 Å². The van der Waals surface area contributed by atoms with Crippen molar-refractivity contribution in [1.82, 2.24) is 9.97 Å². The van der Waals surface area contributed by atoms with Gasteiger partial charge in [-0.05, 0) is 18.6 Å². The molecule has 2 rings (SSSR count). The molecule has 0 spiro atoms. The second-order valence-corrected chi connectivity index (χ2v) is 5.79. The maximum atomic E-state index is 10.8. The highest BCUT2D eigenvalue weighted by molar-refractivity contribution is 7.99. The molecule has 0 saturated heterocycles. The fraction of sp³-hybridized carbons (Fsp3) is 0.583. The predicted molar refractivity (Wildman–Crippen MR) is 72.2 cm³/mol. The first-order valence-corrected chi connectivity index (χ1v) is 7.19. The van der Waals surface area contributed by atoms with Crippen LogP contribution in [0.4, 0.5) is 5.82 Å². The van der Waals surface area contributed by atoms with Crippen molar-refractivity contribution in [3.63, 3.8) is 0 Å². The lowest BCUT2D eigenvalue weighted by atomic mass is 10.2. The van der Waals surface area contributed by atoms with Crippen molar-refractivity contribution < 1.29 is 9.90 Å². The number of hydrogen-bond acceptors (Lipinski definition) is 5. The highest BCUT2D eigenvalue weighted by Gasteiger charge is 2.27. The van der Waals surface area contributed by atoms with E-state index in [1.54, 1.807) is 6.20 Å². The highest BCUT2D eigenvalue weighted by Crippen LogP contribution is 2.31. The van der Waals surface area contributed by atoms with Crippen molar-refractivity contribution in [1.29, 1.82) is 0 Å². The van der Waals surface area contributed by atoms with Gasteiger partial charge in [-0.25, -0.2) is 9.78 Å². The topological polar surface area (TPSA) is 75.1 Å². The molecule has 2 unspecified atom stereocenters. The maximum Gasteiger partial charge on any atom is 0.356 e. The van der Waals surface area contributed by atoms with Crippen LogP contribution in [0.3, 0.4) is 0 Å². The van der Waals surface area contributed by atoms with Gasteiger partial charge in [0.15, 0.2) is 5.69 Å². The predicted octanol–water partition coefficient (Wildman–Crippen LogP) is 2.26. The molecule has 98 valence electrons. The third-order valence-electron chi connectivity index (χ3n) is 3.02. The second kappa shape index (κ2) is 6.04. The van der Waals surface area contributed by atoms with Gasteiger partial charge in [-0.2, -0.15) is 11.8 Å². The number of carbonyl (C=O) groups is 1. The van der Waals surface area contributed by atoms with E-state index in [-0.39, 0.29) is 5.69 Å². The Kier molecular flexibility index (Phi) is 4.41. The molecule has 2 atom stereocenters. The molecule has 5 nitrogen and oxygen atoms in total. The molecule has 0 bridgehead atoms. The number of rotatable bonds is 5. The Morgan fingerprint density at radius 1 is 1.56 bits per heavy atom. The second-order valence-electron chi connectivity index (χ2n) is 4.27. The first-order chi connectivity index (χ1) is 8.70. The van der Waals surface area contributed by atoms with Crippen LogP contribution in [0, 0.1) is 0 Å². The van der Waals surface area contributed by atoms with Gasteiger partial charge in [0.05, 0.1) is 12.4 Å². The van der Waals surface area contributed by atoms with Crippen molar-refractivity contribution in [2.45, 2.75) is 37.5 Å². The van der Waals surface area contributed by atoms with Gasteiger partial charge in [-0.1, -0.05) is 13.3 Å². The fourth-order valence-corrected chi connectivity index (χ4v) is 3.43. The number of thioether (sulfide) groups is 1. The van der Waals surface area contributed by atoms with E-state index < -0.39 is 5.97 Å². The van der Waals surface area contributed by atoms with E-state index in [9.17, 15) is 4.79 Å².